The van der Waals surface area contributed by atoms with Gasteiger partial charge in [0.2, 0.25) is 0 Å². The summed E-state index contributed by atoms with van der Waals surface area (Å²) in [5.74, 6) is 0. The minimum Gasteiger partial charge on any atom is -0.350 e. The van der Waals surface area contributed by atoms with E-state index in [0.29, 0.717) is 6.54 Å². The Morgan fingerprint density at radius 3 is 2.81 bits per heavy atom. The van der Waals surface area contributed by atoms with Gasteiger partial charge < -0.3 is 15.8 Å². The highest BCUT2D eigenvalue weighted by molar-refractivity contribution is 6.33. The van der Waals surface area contributed by atoms with Crippen LogP contribution >= 0.6 is 11.6 Å². The van der Waals surface area contributed by atoms with Gasteiger partial charge in [-0.1, -0.05) is 48.0 Å². The molecule has 1 aliphatic rings. The van der Waals surface area contributed by atoms with E-state index >= 15 is 0 Å². The van der Waals surface area contributed by atoms with Gasteiger partial charge in [0.05, 0.1) is 0 Å². The Balaban J connectivity index is 1.99. The number of rotatable bonds is 2. The molecular weight excluding hydrogens is 284 g/mol. The number of nitrogens with one attached hydrogen (secondary N) is 1. The molecule has 1 aliphatic heterocycles. The molecule has 0 aliphatic carbocycles. The molecule has 2 unspecified atom stereocenters. The lowest BCUT2D eigenvalue weighted by Crippen LogP contribution is -2.53. The van der Waals surface area contributed by atoms with Gasteiger partial charge >= 0.3 is 0 Å². The molecule has 0 aromatic heterocycles. The Kier molecular flexibility index (Phi) is 4.00. The summed E-state index contributed by atoms with van der Waals surface area (Å²) in [6, 6.07) is 16.1. The van der Waals surface area contributed by atoms with Gasteiger partial charge in [-0.2, -0.15) is 0 Å². The fourth-order valence-corrected chi connectivity index (χ4v) is 3.00. The Bertz CT molecular complexity index is 646. The number of ether oxygens (including phenoxy) is 1. The highest BCUT2D eigenvalue weighted by Gasteiger charge is 2.33. The van der Waals surface area contributed by atoms with Crippen molar-refractivity contribution in [1.82, 2.24) is 5.32 Å². The van der Waals surface area contributed by atoms with E-state index in [0.717, 1.165) is 28.3 Å². The predicted octanol–water partition coefficient (Wildman–Crippen LogP) is 3.13. The first-order chi connectivity index (χ1) is 10.1. The van der Waals surface area contributed by atoms with Crippen molar-refractivity contribution in [2.24, 2.45) is 5.73 Å². The largest absolute Gasteiger partial charge is 0.350 e. The minimum absolute atomic E-state index is 0.285. The summed E-state index contributed by atoms with van der Waals surface area (Å²) in [4.78, 5) is 0. The molecule has 0 spiro atoms. The summed E-state index contributed by atoms with van der Waals surface area (Å²) < 4.78 is 5.96. The first kappa shape index (κ1) is 14.5. The van der Waals surface area contributed by atoms with Crippen LogP contribution in [0.5, 0.6) is 0 Å². The molecule has 21 heavy (non-hydrogen) atoms. The van der Waals surface area contributed by atoms with E-state index in [1.165, 1.54) is 0 Å². The van der Waals surface area contributed by atoms with Crippen molar-refractivity contribution in [3.05, 3.63) is 59.1 Å². The minimum atomic E-state index is -0.422. The summed E-state index contributed by atoms with van der Waals surface area (Å²) >= 11 is 6.29. The third-order valence-corrected chi connectivity index (χ3v) is 4.21. The topological polar surface area (TPSA) is 47.3 Å². The molecule has 0 bridgehead atoms. The van der Waals surface area contributed by atoms with Gasteiger partial charge in [0.25, 0.3) is 0 Å². The Morgan fingerprint density at radius 2 is 2.05 bits per heavy atom. The summed E-state index contributed by atoms with van der Waals surface area (Å²) in [6.07, 6.45) is -0.285. The Hall–Kier alpha value is -1.39. The van der Waals surface area contributed by atoms with E-state index < -0.39 is 5.60 Å². The number of benzene rings is 2. The van der Waals surface area contributed by atoms with E-state index in [1.807, 2.05) is 30.3 Å². The van der Waals surface area contributed by atoms with Crippen LogP contribution in [0.3, 0.4) is 0 Å². The van der Waals surface area contributed by atoms with Crippen molar-refractivity contribution in [3.8, 4) is 11.1 Å². The maximum atomic E-state index is 6.29. The van der Waals surface area contributed by atoms with Gasteiger partial charge in [0, 0.05) is 23.7 Å². The first-order valence-corrected chi connectivity index (χ1v) is 7.46. The zero-order chi connectivity index (χ0) is 14.9. The second kappa shape index (κ2) is 5.78. The molecule has 0 radical (unpaired) electrons. The molecule has 0 amide bonds. The highest BCUT2D eigenvalue weighted by Crippen LogP contribution is 2.33. The van der Waals surface area contributed by atoms with E-state index in [1.54, 1.807) is 0 Å². The van der Waals surface area contributed by atoms with Gasteiger partial charge in [-0.25, -0.2) is 0 Å². The van der Waals surface area contributed by atoms with Crippen LogP contribution in [0.2, 0.25) is 5.02 Å². The van der Waals surface area contributed by atoms with Crippen molar-refractivity contribution >= 4 is 11.6 Å². The van der Waals surface area contributed by atoms with Crippen LogP contribution in [0.1, 0.15) is 12.5 Å². The van der Waals surface area contributed by atoms with Crippen molar-refractivity contribution < 1.29 is 4.74 Å². The second-order valence-electron chi connectivity index (χ2n) is 5.58. The summed E-state index contributed by atoms with van der Waals surface area (Å²) in [7, 11) is 0. The zero-order valence-corrected chi connectivity index (χ0v) is 12.7. The zero-order valence-electron chi connectivity index (χ0n) is 12.0. The summed E-state index contributed by atoms with van der Waals surface area (Å²) in [5.41, 5.74) is 8.70. The lowest BCUT2D eigenvalue weighted by Gasteiger charge is -2.38. The number of hydrogen-bond donors (Lipinski definition) is 2. The standard InChI is InChI=1S/C17H19ClN2O/c1-17(11-20-10-16(19)21-17)13-6-4-5-12(9-13)14-7-2-3-8-15(14)18/h2-9,16,20H,10-11,19H2,1H3. The molecule has 2 atom stereocenters. The Morgan fingerprint density at radius 1 is 1.24 bits per heavy atom. The molecule has 3 rings (SSSR count). The van der Waals surface area contributed by atoms with Gasteiger partial charge in [0.15, 0.2) is 0 Å². The van der Waals surface area contributed by atoms with Crippen LogP contribution in [0.25, 0.3) is 11.1 Å². The fourth-order valence-electron chi connectivity index (χ4n) is 2.75. The second-order valence-corrected chi connectivity index (χ2v) is 5.99. The Labute approximate surface area is 130 Å². The fraction of sp³-hybridized carbons (Fsp3) is 0.294. The molecular formula is C17H19ClN2O. The molecule has 3 nitrogen and oxygen atoms in total. The number of hydrogen-bond acceptors (Lipinski definition) is 3. The maximum Gasteiger partial charge on any atom is 0.119 e. The molecule has 0 saturated carbocycles. The molecule has 4 heteroatoms. The van der Waals surface area contributed by atoms with E-state index in [-0.39, 0.29) is 6.23 Å². The highest BCUT2D eigenvalue weighted by atomic mass is 35.5. The quantitative estimate of drug-likeness (QED) is 0.896. The van der Waals surface area contributed by atoms with Crippen molar-refractivity contribution in [2.45, 2.75) is 18.8 Å². The summed E-state index contributed by atoms with van der Waals surface area (Å²) in [6.45, 7) is 3.48. The van der Waals surface area contributed by atoms with E-state index in [2.05, 4.69) is 30.4 Å². The van der Waals surface area contributed by atoms with Gasteiger partial charge in [-0.15, -0.1) is 0 Å². The van der Waals surface area contributed by atoms with Gasteiger partial charge in [-0.05, 0) is 30.2 Å². The maximum absolute atomic E-state index is 6.29. The lowest BCUT2D eigenvalue weighted by atomic mass is 9.91. The SMILES string of the molecule is CC1(c2cccc(-c3ccccc3Cl)c2)CNCC(N)O1. The van der Waals surface area contributed by atoms with Crippen molar-refractivity contribution in [2.75, 3.05) is 13.1 Å². The summed E-state index contributed by atoms with van der Waals surface area (Å²) in [5, 5.41) is 4.07. The van der Waals surface area contributed by atoms with Crippen LogP contribution in [-0.4, -0.2) is 19.3 Å². The monoisotopic (exact) mass is 302 g/mol. The lowest BCUT2D eigenvalue weighted by molar-refractivity contribution is -0.107. The number of morpholine rings is 1. The van der Waals surface area contributed by atoms with Crippen LogP contribution in [0.4, 0.5) is 0 Å². The third-order valence-electron chi connectivity index (χ3n) is 3.88. The van der Waals surface area contributed by atoms with E-state index in [9.17, 15) is 0 Å². The van der Waals surface area contributed by atoms with E-state index in [4.69, 9.17) is 22.1 Å². The smallest absolute Gasteiger partial charge is 0.119 e. The first-order valence-electron chi connectivity index (χ1n) is 7.08. The average Bonchev–Trinajstić information content (AvgIpc) is 2.48. The molecule has 110 valence electrons. The number of halogens is 1. The normalized spacial score (nSPS) is 25.8. The number of nitrogens with two attached hydrogens (primary N) is 1. The molecule has 3 N–H and O–H groups in total. The van der Waals surface area contributed by atoms with Gasteiger partial charge in [0.1, 0.15) is 11.8 Å². The van der Waals surface area contributed by atoms with Crippen LogP contribution < -0.4 is 11.1 Å². The molecule has 2 aromatic rings. The molecule has 1 saturated heterocycles. The molecule has 1 fully saturated rings. The molecule has 1 heterocycles. The third kappa shape index (κ3) is 2.97. The van der Waals surface area contributed by atoms with Crippen molar-refractivity contribution in [3.63, 3.8) is 0 Å². The van der Waals surface area contributed by atoms with Crippen molar-refractivity contribution in [1.29, 1.82) is 0 Å². The van der Waals surface area contributed by atoms with Crippen LogP contribution in [0.15, 0.2) is 48.5 Å². The van der Waals surface area contributed by atoms with Gasteiger partial charge in [-0.3, -0.25) is 0 Å². The molecule has 2 aromatic carbocycles. The van der Waals surface area contributed by atoms with Crippen LogP contribution in [0, 0.1) is 0 Å². The van der Waals surface area contributed by atoms with Crippen LogP contribution in [-0.2, 0) is 10.3 Å². The average molecular weight is 303 g/mol. The predicted molar refractivity (Wildman–Crippen MR) is 86.2 cm³/mol.